The van der Waals surface area contributed by atoms with Gasteiger partial charge in [-0.25, -0.2) is 0 Å². The number of carbonyl (C=O) groups is 1. The lowest BCUT2D eigenvalue weighted by Crippen LogP contribution is -2.34. The molecule has 0 aliphatic rings. The number of amides is 1. The van der Waals surface area contributed by atoms with Crippen LogP contribution in [0.4, 0.5) is 0 Å². The second-order valence-electron chi connectivity index (χ2n) is 3.88. The minimum absolute atomic E-state index is 0.0880. The third-order valence-electron chi connectivity index (χ3n) is 2.11. The summed E-state index contributed by atoms with van der Waals surface area (Å²) in [5, 5.41) is 0. The maximum Gasteiger partial charge on any atom is 0.219 e. The Morgan fingerprint density at radius 2 is 1.87 bits per heavy atom. The van der Waals surface area contributed by atoms with Crippen molar-refractivity contribution in [2.75, 3.05) is 33.7 Å². The van der Waals surface area contributed by atoms with Gasteiger partial charge in [0.1, 0.15) is 0 Å². The van der Waals surface area contributed by atoms with Crippen molar-refractivity contribution in [2.24, 2.45) is 5.73 Å². The molecule has 0 aromatic heterocycles. The van der Waals surface area contributed by atoms with Gasteiger partial charge in [0.2, 0.25) is 5.91 Å². The third kappa shape index (κ3) is 8.32. The minimum Gasteiger partial charge on any atom is -0.393 e. The van der Waals surface area contributed by atoms with Crippen molar-refractivity contribution >= 4 is 23.1 Å². The molecule has 0 aromatic rings. The van der Waals surface area contributed by atoms with E-state index in [4.69, 9.17) is 18.0 Å². The summed E-state index contributed by atoms with van der Waals surface area (Å²) < 4.78 is 0. The Morgan fingerprint density at radius 1 is 1.27 bits per heavy atom. The lowest BCUT2D eigenvalue weighted by Gasteiger charge is -2.21. The van der Waals surface area contributed by atoms with Crippen molar-refractivity contribution in [3.63, 3.8) is 0 Å². The van der Waals surface area contributed by atoms with E-state index in [2.05, 4.69) is 4.90 Å². The predicted molar refractivity (Wildman–Crippen MR) is 66.8 cm³/mol. The van der Waals surface area contributed by atoms with E-state index < -0.39 is 0 Å². The van der Waals surface area contributed by atoms with E-state index in [-0.39, 0.29) is 5.91 Å². The molecule has 2 N–H and O–H groups in total. The number of carbonyl (C=O) groups excluding carboxylic acids is 1. The van der Waals surface area contributed by atoms with Crippen LogP contribution in [0.2, 0.25) is 0 Å². The molecule has 5 heteroatoms. The summed E-state index contributed by atoms with van der Waals surface area (Å²) in [6.07, 6.45) is 1.58. The summed E-state index contributed by atoms with van der Waals surface area (Å²) in [5.41, 5.74) is 5.40. The lowest BCUT2D eigenvalue weighted by molar-refractivity contribution is -0.128. The van der Waals surface area contributed by atoms with E-state index >= 15 is 0 Å². The standard InChI is InChI=1S/C10H21N3OS/c1-9(14)13(8-5-10(11)15)7-4-6-12(2)3/h4-8H2,1-3H3,(H2,11,15). The smallest absolute Gasteiger partial charge is 0.219 e. The number of nitrogens with two attached hydrogens (primary N) is 1. The third-order valence-corrected chi connectivity index (χ3v) is 2.31. The van der Waals surface area contributed by atoms with Crippen LogP contribution in [0.3, 0.4) is 0 Å². The highest BCUT2D eigenvalue weighted by molar-refractivity contribution is 7.80. The molecule has 0 unspecified atom stereocenters. The van der Waals surface area contributed by atoms with Gasteiger partial charge in [-0.2, -0.15) is 0 Å². The van der Waals surface area contributed by atoms with Crippen LogP contribution in [0.25, 0.3) is 0 Å². The molecule has 4 nitrogen and oxygen atoms in total. The van der Waals surface area contributed by atoms with Crippen LogP contribution in [0.15, 0.2) is 0 Å². The largest absolute Gasteiger partial charge is 0.393 e. The summed E-state index contributed by atoms with van der Waals surface area (Å²) in [7, 11) is 4.04. The van der Waals surface area contributed by atoms with Crippen molar-refractivity contribution < 1.29 is 4.79 Å². The summed E-state index contributed by atoms with van der Waals surface area (Å²) in [5.74, 6) is 0.0880. The fourth-order valence-electron chi connectivity index (χ4n) is 1.25. The van der Waals surface area contributed by atoms with Gasteiger partial charge < -0.3 is 15.5 Å². The minimum atomic E-state index is 0.0880. The van der Waals surface area contributed by atoms with Gasteiger partial charge in [-0.1, -0.05) is 12.2 Å². The van der Waals surface area contributed by atoms with E-state index in [1.54, 1.807) is 11.8 Å². The normalized spacial score (nSPS) is 10.4. The molecule has 0 aromatic carbocycles. The first-order chi connectivity index (χ1) is 6.93. The second-order valence-corrected chi connectivity index (χ2v) is 4.40. The average Bonchev–Trinajstić information content (AvgIpc) is 2.09. The SMILES string of the molecule is CC(=O)N(CCCN(C)C)CCC(N)=S. The molecule has 0 aliphatic carbocycles. The quantitative estimate of drug-likeness (QED) is 0.647. The van der Waals surface area contributed by atoms with Crippen molar-refractivity contribution in [1.29, 1.82) is 0 Å². The fraction of sp³-hybridized carbons (Fsp3) is 0.800. The molecule has 0 bridgehead atoms. The lowest BCUT2D eigenvalue weighted by atomic mass is 10.3. The van der Waals surface area contributed by atoms with E-state index in [0.717, 1.165) is 19.5 Å². The summed E-state index contributed by atoms with van der Waals surface area (Å²) in [6.45, 7) is 3.97. The van der Waals surface area contributed by atoms with Gasteiger partial charge >= 0.3 is 0 Å². The topological polar surface area (TPSA) is 49.6 Å². The Hall–Kier alpha value is -0.680. The first kappa shape index (κ1) is 14.3. The first-order valence-electron chi connectivity index (χ1n) is 5.12. The second kappa shape index (κ2) is 7.59. The van der Waals surface area contributed by atoms with Crippen LogP contribution in [-0.4, -0.2) is 54.4 Å². The van der Waals surface area contributed by atoms with E-state index in [0.29, 0.717) is 18.0 Å². The fourth-order valence-corrected chi connectivity index (χ4v) is 1.34. The van der Waals surface area contributed by atoms with Crippen molar-refractivity contribution in [3.05, 3.63) is 0 Å². The van der Waals surface area contributed by atoms with Gasteiger partial charge in [0.05, 0.1) is 4.99 Å². The van der Waals surface area contributed by atoms with Gasteiger partial charge in [-0.3, -0.25) is 4.79 Å². The summed E-state index contributed by atoms with van der Waals surface area (Å²) in [6, 6.07) is 0. The van der Waals surface area contributed by atoms with Gasteiger partial charge in [0.25, 0.3) is 0 Å². The summed E-state index contributed by atoms with van der Waals surface area (Å²) >= 11 is 4.79. The molecule has 88 valence electrons. The molecule has 0 saturated carbocycles. The van der Waals surface area contributed by atoms with Crippen molar-refractivity contribution in [1.82, 2.24) is 9.80 Å². The van der Waals surface area contributed by atoms with Gasteiger partial charge in [0.15, 0.2) is 0 Å². The molecule has 0 atom stereocenters. The highest BCUT2D eigenvalue weighted by Gasteiger charge is 2.08. The van der Waals surface area contributed by atoms with Gasteiger partial charge in [-0.15, -0.1) is 0 Å². The number of rotatable bonds is 7. The predicted octanol–water partition coefficient (Wildman–Crippen LogP) is 0.463. The number of thiocarbonyl (C=S) groups is 1. The van der Waals surface area contributed by atoms with Crippen LogP contribution in [0.5, 0.6) is 0 Å². The van der Waals surface area contributed by atoms with Crippen LogP contribution >= 0.6 is 12.2 Å². The van der Waals surface area contributed by atoms with Gasteiger partial charge in [0, 0.05) is 26.4 Å². The maximum atomic E-state index is 11.3. The molecule has 0 radical (unpaired) electrons. The van der Waals surface area contributed by atoms with E-state index in [1.165, 1.54) is 0 Å². The molecule has 15 heavy (non-hydrogen) atoms. The monoisotopic (exact) mass is 231 g/mol. The Bertz CT molecular complexity index is 219. The molecule has 0 aliphatic heterocycles. The van der Waals surface area contributed by atoms with Crippen LogP contribution < -0.4 is 5.73 Å². The van der Waals surface area contributed by atoms with Crippen LogP contribution in [0, 0.1) is 0 Å². The van der Waals surface area contributed by atoms with E-state index in [9.17, 15) is 4.79 Å². The summed E-state index contributed by atoms with van der Waals surface area (Å²) in [4.78, 5) is 15.6. The Balaban J connectivity index is 3.84. The van der Waals surface area contributed by atoms with Crippen molar-refractivity contribution in [2.45, 2.75) is 19.8 Å². The molecule has 0 spiro atoms. The maximum absolute atomic E-state index is 11.3. The number of nitrogens with zero attached hydrogens (tertiary/aromatic N) is 2. The van der Waals surface area contributed by atoms with Crippen molar-refractivity contribution in [3.8, 4) is 0 Å². The zero-order valence-electron chi connectivity index (χ0n) is 9.82. The van der Waals surface area contributed by atoms with E-state index in [1.807, 2.05) is 14.1 Å². The Labute approximate surface area is 97.4 Å². The number of hydrogen-bond donors (Lipinski definition) is 1. The van der Waals surface area contributed by atoms with Crippen LogP contribution in [-0.2, 0) is 4.79 Å². The highest BCUT2D eigenvalue weighted by atomic mass is 32.1. The zero-order chi connectivity index (χ0) is 11.8. The van der Waals surface area contributed by atoms with Gasteiger partial charge in [-0.05, 0) is 27.1 Å². The number of hydrogen-bond acceptors (Lipinski definition) is 3. The Morgan fingerprint density at radius 3 is 2.27 bits per heavy atom. The average molecular weight is 231 g/mol. The molecule has 0 fully saturated rings. The molecular weight excluding hydrogens is 210 g/mol. The molecule has 0 saturated heterocycles. The zero-order valence-corrected chi connectivity index (χ0v) is 10.6. The highest BCUT2D eigenvalue weighted by Crippen LogP contribution is 1.96. The molecule has 0 rings (SSSR count). The first-order valence-corrected chi connectivity index (χ1v) is 5.53. The Kier molecular flexibility index (Phi) is 7.25. The van der Waals surface area contributed by atoms with Crippen LogP contribution in [0.1, 0.15) is 19.8 Å². The molecule has 0 heterocycles. The molecule has 1 amide bonds. The molecular formula is C10H21N3OS.